The molecule has 1 aromatic heterocycles. The molecular formula is C32H23N3O2. The van der Waals surface area contributed by atoms with Crippen LogP contribution in [0, 0.1) is 28.6 Å². The Balaban J connectivity index is 1.75. The maximum atomic E-state index is 14.0. The zero-order chi connectivity index (χ0) is 25.6. The zero-order valence-corrected chi connectivity index (χ0v) is 20.7. The van der Waals surface area contributed by atoms with Crippen LogP contribution in [0.5, 0.6) is 0 Å². The van der Waals surface area contributed by atoms with Crippen LogP contribution in [0.1, 0.15) is 50.7 Å². The van der Waals surface area contributed by atoms with E-state index in [2.05, 4.69) is 26.0 Å². The number of nitrogens with zero attached hydrogens (tertiary/aromatic N) is 3. The molecule has 0 aliphatic heterocycles. The molecule has 1 atom stereocenters. The van der Waals surface area contributed by atoms with Gasteiger partial charge in [0.1, 0.15) is 0 Å². The first-order chi connectivity index (χ1) is 18.0. The molecule has 1 heterocycles. The Kier molecular flexibility index (Phi) is 4.42. The minimum atomic E-state index is -0.290. The van der Waals surface area contributed by atoms with Gasteiger partial charge in [0, 0.05) is 17.3 Å². The number of benzene rings is 5. The van der Waals surface area contributed by atoms with Crippen molar-refractivity contribution in [2.45, 2.75) is 46.1 Å². The van der Waals surface area contributed by atoms with E-state index in [-0.39, 0.29) is 17.0 Å². The van der Waals surface area contributed by atoms with Crippen molar-refractivity contribution in [2.75, 3.05) is 0 Å². The average molecular weight is 482 g/mol. The van der Waals surface area contributed by atoms with Crippen molar-refractivity contribution in [3.8, 4) is 12.1 Å². The molecule has 1 unspecified atom stereocenters. The quantitative estimate of drug-likeness (QED) is 0.243. The Bertz CT molecular complexity index is 2070. The van der Waals surface area contributed by atoms with E-state index < -0.39 is 0 Å². The molecule has 6 aromatic carbocycles. The average Bonchev–Trinajstić information content (AvgIpc) is 3.41. The minimum absolute atomic E-state index is 0.241. The lowest BCUT2D eigenvalue weighted by atomic mass is 9.92. The van der Waals surface area contributed by atoms with Gasteiger partial charge in [-0.2, -0.15) is 10.5 Å². The van der Waals surface area contributed by atoms with Gasteiger partial charge in [-0.1, -0.05) is 57.4 Å². The van der Waals surface area contributed by atoms with Crippen LogP contribution in [0.2, 0.25) is 0 Å². The lowest BCUT2D eigenvalue weighted by Crippen LogP contribution is -2.29. The molecule has 178 valence electrons. The molecule has 0 saturated heterocycles. The van der Waals surface area contributed by atoms with Crippen LogP contribution in [0.25, 0.3) is 64.6 Å². The molecule has 0 fully saturated rings. The first kappa shape index (κ1) is 21.8. The molecule has 0 amide bonds. The number of unbranched alkanes of at least 4 members (excludes halogenated alkanes) is 1. The molecule has 5 heteroatoms. The van der Waals surface area contributed by atoms with Gasteiger partial charge in [-0.05, 0) is 67.6 Å². The molecular weight excluding hydrogens is 458 g/mol. The van der Waals surface area contributed by atoms with Crippen molar-refractivity contribution in [3.05, 3.63) is 68.2 Å². The fraction of sp³-hybridized carbons (Fsp3) is 0.250. The maximum Gasteiger partial charge on any atom is 0.262 e. The van der Waals surface area contributed by atoms with Crippen molar-refractivity contribution in [3.63, 3.8) is 0 Å². The smallest absolute Gasteiger partial charge is 0.262 e. The summed E-state index contributed by atoms with van der Waals surface area (Å²) in [5.41, 5.74) is 0.400. The van der Waals surface area contributed by atoms with Crippen LogP contribution < -0.4 is 11.1 Å². The molecule has 7 aromatic rings. The highest BCUT2D eigenvalue weighted by molar-refractivity contribution is 6.48. The van der Waals surface area contributed by atoms with Gasteiger partial charge in [-0.3, -0.25) is 14.2 Å². The van der Waals surface area contributed by atoms with Crippen LogP contribution in [-0.4, -0.2) is 4.57 Å². The fourth-order valence-electron chi connectivity index (χ4n) is 6.76. The summed E-state index contributed by atoms with van der Waals surface area (Å²) in [7, 11) is 0. The zero-order valence-electron chi connectivity index (χ0n) is 20.7. The Morgan fingerprint density at radius 1 is 0.730 bits per heavy atom. The van der Waals surface area contributed by atoms with E-state index in [4.69, 9.17) is 0 Å². The molecule has 0 aliphatic carbocycles. The van der Waals surface area contributed by atoms with Gasteiger partial charge in [-0.25, -0.2) is 0 Å². The largest absolute Gasteiger partial charge is 0.274 e. The van der Waals surface area contributed by atoms with Crippen molar-refractivity contribution in [1.29, 1.82) is 10.5 Å². The summed E-state index contributed by atoms with van der Waals surface area (Å²) in [5, 5.41) is 29.7. The van der Waals surface area contributed by atoms with Crippen molar-refractivity contribution >= 4 is 64.6 Å². The SMILES string of the molecule is CCCCC(CC)Cn1c(=O)c2c3cc(C#N)c4ccc5ccc6c(C#N)cc(c2c1=O)c1c6c5c4c31. The Morgan fingerprint density at radius 3 is 1.70 bits per heavy atom. The van der Waals surface area contributed by atoms with Gasteiger partial charge in [0.2, 0.25) is 0 Å². The van der Waals surface area contributed by atoms with Crippen LogP contribution in [0.15, 0.2) is 46.0 Å². The predicted molar refractivity (Wildman–Crippen MR) is 149 cm³/mol. The van der Waals surface area contributed by atoms with Gasteiger partial charge in [-0.15, -0.1) is 0 Å². The first-order valence-corrected chi connectivity index (χ1v) is 13.0. The summed E-state index contributed by atoms with van der Waals surface area (Å²) < 4.78 is 1.41. The van der Waals surface area contributed by atoms with Gasteiger partial charge in [0.25, 0.3) is 11.1 Å². The standard InChI is InChI=1S/C32H23N3O2/c1-3-5-6-16(4-2)15-35-31(36)29-22-11-18(13-33)20-9-7-17-8-10-21-19(14-34)12-23(30(29)32(35)37)28-26(21)24(17)25(20)27(22)28/h7-12,16H,3-6,15H2,1-2H3. The first-order valence-electron chi connectivity index (χ1n) is 13.0. The summed E-state index contributed by atoms with van der Waals surface area (Å²) in [6.07, 6.45) is 3.98. The van der Waals surface area contributed by atoms with E-state index >= 15 is 0 Å². The Hall–Kier alpha value is -4.48. The molecule has 0 N–H and O–H groups in total. The van der Waals surface area contributed by atoms with Crippen LogP contribution in [0.3, 0.4) is 0 Å². The lowest BCUT2D eigenvalue weighted by Gasteiger charge is -2.13. The Labute approximate surface area is 212 Å². The summed E-state index contributed by atoms with van der Waals surface area (Å²) in [5.74, 6) is 0.241. The number of fused-ring (bicyclic) bond motifs is 3. The van der Waals surface area contributed by atoms with Crippen LogP contribution in [0.4, 0.5) is 0 Å². The number of aromatic nitrogens is 1. The number of hydrogen-bond acceptors (Lipinski definition) is 4. The van der Waals surface area contributed by atoms with E-state index in [1.54, 1.807) is 12.1 Å². The summed E-state index contributed by atoms with van der Waals surface area (Å²) in [4.78, 5) is 28.0. The number of hydrogen-bond donors (Lipinski definition) is 0. The normalized spacial score (nSPS) is 13.2. The van der Waals surface area contributed by atoms with Gasteiger partial charge < -0.3 is 0 Å². The fourth-order valence-corrected chi connectivity index (χ4v) is 6.76. The third-order valence-corrected chi connectivity index (χ3v) is 8.56. The van der Waals surface area contributed by atoms with Gasteiger partial charge in [0.05, 0.1) is 34.0 Å². The van der Waals surface area contributed by atoms with Crippen LogP contribution in [-0.2, 0) is 6.54 Å². The second kappa shape index (κ2) is 7.51. The van der Waals surface area contributed by atoms with E-state index in [1.165, 1.54) is 4.57 Å². The molecule has 5 nitrogen and oxygen atoms in total. The molecule has 0 radical (unpaired) electrons. The Morgan fingerprint density at radius 2 is 1.24 bits per heavy atom. The third kappa shape index (κ3) is 2.56. The second-order valence-electron chi connectivity index (χ2n) is 10.4. The van der Waals surface area contributed by atoms with Crippen molar-refractivity contribution in [1.82, 2.24) is 4.57 Å². The highest BCUT2D eigenvalue weighted by Crippen LogP contribution is 2.51. The van der Waals surface area contributed by atoms with E-state index in [0.29, 0.717) is 39.2 Å². The summed E-state index contributed by atoms with van der Waals surface area (Å²) in [6.45, 7) is 4.63. The number of rotatable bonds is 6. The molecule has 37 heavy (non-hydrogen) atoms. The molecule has 7 rings (SSSR count). The minimum Gasteiger partial charge on any atom is -0.274 e. The molecule has 0 aliphatic rings. The predicted octanol–water partition coefficient (Wildman–Crippen LogP) is 6.84. The van der Waals surface area contributed by atoms with E-state index in [0.717, 1.165) is 68.8 Å². The molecule has 0 saturated carbocycles. The highest BCUT2D eigenvalue weighted by Gasteiger charge is 2.29. The van der Waals surface area contributed by atoms with Crippen molar-refractivity contribution in [2.24, 2.45) is 5.92 Å². The van der Waals surface area contributed by atoms with E-state index in [1.807, 2.05) is 24.3 Å². The maximum absolute atomic E-state index is 14.0. The highest BCUT2D eigenvalue weighted by atomic mass is 16.2. The number of nitriles is 2. The monoisotopic (exact) mass is 481 g/mol. The second-order valence-corrected chi connectivity index (χ2v) is 10.4. The lowest BCUT2D eigenvalue weighted by molar-refractivity contribution is 0.384. The van der Waals surface area contributed by atoms with Gasteiger partial charge in [0.15, 0.2) is 0 Å². The summed E-state index contributed by atoms with van der Waals surface area (Å²) >= 11 is 0. The molecule has 0 spiro atoms. The molecule has 0 bridgehead atoms. The third-order valence-electron chi connectivity index (χ3n) is 8.56. The van der Waals surface area contributed by atoms with Crippen LogP contribution >= 0.6 is 0 Å². The summed E-state index contributed by atoms with van der Waals surface area (Å²) in [6, 6.07) is 16.2. The van der Waals surface area contributed by atoms with Crippen molar-refractivity contribution < 1.29 is 0 Å². The van der Waals surface area contributed by atoms with Gasteiger partial charge >= 0.3 is 0 Å². The van der Waals surface area contributed by atoms with E-state index in [9.17, 15) is 20.1 Å². The topological polar surface area (TPSA) is 86.7 Å².